The summed E-state index contributed by atoms with van der Waals surface area (Å²) in [7, 11) is 1.74. The van der Waals surface area contributed by atoms with Crippen molar-refractivity contribution >= 4 is 35.9 Å². The lowest BCUT2D eigenvalue weighted by Crippen LogP contribution is -2.00. The molecule has 0 aliphatic rings. The molecule has 32 heavy (non-hydrogen) atoms. The number of nitrogens with zero attached hydrogens (tertiary/aromatic N) is 5. The third-order valence-electron chi connectivity index (χ3n) is 3.69. The average Bonchev–Trinajstić information content (AvgIpc) is 2.76. The van der Waals surface area contributed by atoms with Crippen molar-refractivity contribution < 1.29 is 9.50 Å². The summed E-state index contributed by atoms with van der Waals surface area (Å²) < 4.78 is 14.6. The van der Waals surface area contributed by atoms with Gasteiger partial charge in [0.15, 0.2) is 0 Å². The molecule has 0 saturated heterocycles. The molecule has 0 saturated carbocycles. The van der Waals surface area contributed by atoms with Crippen molar-refractivity contribution in [1.29, 1.82) is 0 Å². The minimum Gasteiger partial charge on any atom is -0.513 e. The second-order valence-electron chi connectivity index (χ2n) is 6.09. The van der Waals surface area contributed by atoms with Gasteiger partial charge in [0.1, 0.15) is 18.0 Å². The smallest absolute Gasteiger partial charge is 0.136 e. The molecule has 0 atom stereocenters. The zero-order valence-corrected chi connectivity index (χ0v) is 20.2. The summed E-state index contributed by atoms with van der Waals surface area (Å²) in [6.07, 6.45) is 4.98. The number of hydrogen-bond acceptors (Lipinski definition) is 7. The van der Waals surface area contributed by atoms with Crippen LogP contribution in [0.5, 0.6) is 0 Å². The molecular weight excluding hydrogens is 431 g/mol. The Kier molecular flexibility index (Phi) is 13.9. The summed E-state index contributed by atoms with van der Waals surface area (Å²) in [5.41, 5.74) is 7.44. The van der Waals surface area contributed by atoms with Crippen LogP contribution in [0.15, 0.2) is 58.5 Å². The number of rotatable bonds is 6. The number of nitrogen functional groups attached to an aromatic ring is 1. The van der Waals surface area contributed by atoms with Crippen molar-refractivity contribution in [3.05, 3.63) is 70.1 Å². The zero-order chi connectivity index (χ0) is 24.7. The van der Waals surface area contributed by atoms with Crippen molar-refractivity contribution in [2.75, 3.05) is 12.8 Å². The molecule has 174 valence electrons. The predicted molar refractivity (Wildman–Crippen MR) is 134 cm³/mol. The van der Waals surface area contributed by atoms with Gasteiger partial charge in [0.25, 0.3) is 0 Å². The van der Waals surface area contributed by atoms with Crippen LogP contribution in [-0.2, 0) is 0 Å². The van der Waals surface area contributed by atoms with Gasteiger partial charge in [-0.2, -0.15) is 15.3 Å². The van der Waals surface area contributed by atoms with E-state index in [1.54, 1.807) is 38.4 Å². The number of halogens is 2. The van der Waals surface area contributed by atoms with E-state index in [2.05, 4.69) is 26.9 Å². The number of hydrazone groups is 2. The summed E-state index contributed by atoms with van der Waals surface area (Å²) >= 11 is 6.12. The molecule has 2 rings (SSSR count). The van der Waals surface area contributed by atoms with Gasteiger partial charge < -0.3 is 10.8 Å². The number of hydrogen-bond donors (Lipinski definition) is 2. The second kappa shape index (κ2) is 15.5. The van der Waals surface area contributed by atoms with E-state index in [1.807, 2.05) is 20.8 Å². The molecule has 7 nitrogen and oxygen atoms in total. The highest BCUT2D eigenvalue weighted by molar-refractivity contribution is 6.31. The van der Waals surface area contributed by atoms with Crippen LogP contribution in [0.3, 0.4) is 0 Å². The normalized spacial score (nSPS) is 11.6. The van der Waals surface area contributed by atoms with Crippen molar-refractivity contribution in [1.82, 2.24) is 15.1 Å². The third-order valence-corrected chi connectivity index (χ3v) is 4.10. The van der Waals surface area contributed by atoms with Gasteiger partial charge in [-0.3, -0.25) is 0 Å². The Labute approximate surface area is 194 Å². The maximum absolute atomic E-state index is 14.6. The highest BCUT2D eigenvalue weighted by Crippen LogP contribution is 2.32. The largest absolute Gasteiger partial charge is 0.513 e. The third kappa shape index (κ3) is 9.70. The van der Waals surface area contributed by atoms with Crippen LogP contribution in [0.1, 0.15) is 50.9 Å². The van der Waals surface area contributed by atoms with Gasteiger partial charge >= 0.3 is 0 Å². The number of aliphatic hydroxyl groups excluding tert-OH is 1. The summed E-state index contributed by atoms with van der Waals surface area (Å²) in [4.78, 5) is 7.88. The Hall–Kier alpha value is -3.26. The number of allylic oxidation sites excluding steroid dienone is 3. The Bertz CT molecular complexity index is 955. The van der Waals surface area contributed by atoms with E-state index in [-0.39, 0.29) is 17.2 Å². The molecule has 0 aliphatic heterocycles. The van der Waals surface area contributed by atoms with Gasteiger partial charge in [-0.05, 0) is 37.5 Å². The molecule has 9 heteroatoms. The molecule has 0 fully saturated rings. The first-order valence-corrected chi connectivity index (χ1v) is 10.4. The quantitative estimate of drug-likeness (QED) is 0.231. The molecule has 0 radical (unpaired) electrons. The van der Waals surface area contributed by atoms with Crippen LogP contribution in [0, 0.1) is 6.92 Å². The van der Waals surface area contributed by atoms with Crippen LogP contribution in [0.4, 0.5) is 10.2 Å². The highest BCUT2D eigenvalue weighted by Gasteiger charge is 2.16. The predicted octanol–water partition coefficient (Wildman–Crippen LogP) is 6.17. The Morgan fingerprint density at radius 3 is 2.53 bits per heavy atom. The number of benzene rings is 1. The molecular formula is C23H32ClFN6O. The van der Waals surface area contributed by atoms with Gasteiger partial charge in [-0.15, -0.1) is 0 Å². The lowest BCUT2D eigenvalue weighted by atomic mass is 9.96. The molecule has 0 unspecified atom stereocenters. The molecule has 0 spiro atoms. The van der Waals surface area contributed by atoms with Gasteiger partial charge in [0.2, 0.25) is 0 Å². The maximum atomic E-state index is 14.6. The molecule has 3 N–H and O–H groups in total. The first-order valence-electron chi connectivity index (χ1n) is 10.0. The average molecular weight is 463 g/mol. The molecule has 1 aromatic carbocycles. The summed E-state index contributed by atoms with van der Waals surface area (Å²) in [6, 6.07) is 6.64. The molecule has 0 aliphatic carbocycles. The summed E-state index contributed by atoms with van der Waals surface area (Å²) in [5.74, 6) is -0.570. The van der Waals surface area contributed by atoms with Crippen LogP contribution in [-0.4, -0.2) is 40.2 Å². The molecule has 0 amide bonds. The fourth-order valence-corrected chi connectivity index (χ4v) is 2.44. The van der Waals surface area contributed by atoms with E-state index in [0.29, 0.717) is 21.8 Å². The van der Waals surface area contributed by atoms with Gasteiger partial charge in [-0.25, -0.2) is 14.4 Å². The monoisotopic (exact) mass is 462 g/mol. The van der Waals surface area contributed by atoms with Gasteiger partial charge in [0, 0.05) is 42.7 Å². The number of anilines is 1. The molecule has 0 bridgehead atoms. The van der Waals surface area contributed by atoms with Crippen molar-refractivity contribution in [2.24, 2.45) is 10.2 Å². The van der Waals surface area contributed by atoms with Crippen LogP contribution >= 0.6 is 11.6 Å². The van der Waals surface area contributed by atoms with E-state index < -0.39 is 5.83 Å². The summed E-state index contributed by atoms with van der Waals surface area (Å²) in [5, 5.41) is 18.6. The topological polar surface area (TPSA) is 100.0 Å². The van der Waals surface area contributed by atoms with E-state index >= 15 is 0 Å². The molecule has 2 aromatic rings. The standard InChI is InChI=1S/C16H15ClFN3O.C5H11N3.C2H6/c1-9(22)6-13(18)16(14-7-15(19)21-8-20-14)11-4-3-5-12(17)10(11)2;1-4-5-7-8(3)6-2;1-2/h3-8,22H,1-2H3,(H2,19,20,21);5H,2,4H2,1,3H3;1-2H3/b9-6+,16-13+;7-5-;. The van der Waals surface area contributed by atoms with E-state index in [0.717, 1.165) is 12.5 Å². The second-order valence-corrected chi connectivity index (χ2v) is 6.49. The minimum atomic E-state index is -0.636. The first-order chi connectivity index (χ1) is 15.2. The van der Waals surface area contributed by atoms with Crippen molar-refractivity contribution in [2.45, 2.75) is 41.0 Å². The first kappa shape index (κ1) is 28.7. The fraction of sp³-hybridized carbons (Fsp3) is 0.304. The van der Waals surface area contributed by atoms with Gasteiger partial charge in [-0.1, -0.05) is 44.5 Å². The lowest BCUT2D eigenvalue weighted by Gasteiger charge is -2.12. The maximum Gasteiger partial charge on any atom is 0.136 e. The molecule has 1 heterocycles. The van der Waals surface area contributed by atoms with E-state index in [4.69, 9.17) is 17.3 Å². The zero-order valence-electron chi connectivity index (χ0n) is 19.5. The number of nitrogens with two attached hydrogens (primary N) is 1. The van der Waals surface area contributed by atoms with E-state index in [9.17, 15) is 9.50 Å². The Morgan fingerprint density at radius 1 is 1.34 bits per heavy atom. The Morgan fingerprint density at radius 2 is 2.00 bits per heavy atom. The van der Waals surface area contributed by atoms with Crippen LogP contribution in [0.2, 0.25) is 5.02 Å². The molecule has 1 aromatic heterocycles. The SMILES string of the molecule is C/C(O)=C\C(F)=C(/c1cc(N)ncn1)c1cccc(Cl)c1C.C=NN(C)/N=C\CC.CC. The van der Waals surface area contributed by atoms with Crippen molar-refractivity contribution in [3.63, 3.8) is 0 Å². The Balaban J connectivity index is 0.000000814. The number of aromatic nitrogens is 2. The number of aliphatic hydroxyl groups is 1. The van der Waals surface area contributed by atoms with Gasteiger partial charge in [0.05, 0.1) is 11.5 Å². The fourth-order valence-electron chi connectivity index (χ4n) is 2.27. The minimum absolute atomic E-state index is 0.156. The highest BCUT2D eigenvalue weighted by atomic mass is 35.5. The van der Waals surface area contributed by atoms with Crippen molar-refractivity contribution in [3.8, 4) is 0 Å². The lowest BCUT2D eigenvalue weighted by molar-refractivity contribution is 0.382. The van der Waals surface area contributed by atoms with Crippen LogP contribution in [0.25, 0.3) is 5.57 Å². The summed E-state index contributed by atoms with van der Waals surface area (Å²) in [6.45, 7) is 12.5. The van der Waals surface area contributed by atoms with Crippen LogP contribution < -0.4 is 5.73 Å². The van der Waals surface area contributed by atoms with E-state index in [1.165, 1.54) is 24.4 Å².